The first-order chi connectivity index (χ1) is 14.7. The molecule has 3 aromatic rings. The van der Waals surface area contributed by atoms with Crippen LogP contribution < -0.4 is 14.4 Å². The molecule has 0 unspecified atom stereocenters. The number of hydrogen-bond acceptors (Lipinski definition) is 4. The summed E-state index contributed by atoms with van der Waals surface area (Å²) in [6.07, 6.45) is 1.04. The van der Waals surface area contributed by atoms with Crippen molar-refractivity contribution in [2.45, 2.75) is 6.54 Å². The number of carbonyl (C=O) groups excluding carboxylic acids is 1. The largest absolute Gasteiger partial charge is 0.484 e. The van der Waals surface area contributed by atoms with E-state index in [1.165, 1.54) is 60.7 Å². The number of hydrogen-bond donors (Lipinski definition) is 1. The Morgan fingerprint density at radius 1 is 1.00 bits per heavy atom. The molecule has 9 heteroatoms. The van der Waals surface area contributed by atoms with Gasteiger partial charge >= 0.3 is 0 Å². The predicted octanol–water partition coefficient (Wildman–Crippen LogP) is 3.95. The molecule has 0 atom stereocenters. The van der Waals surface area contributed by atoms with Crippen molar-refractivity contribution in [2.24, 2.45) is 0 Å². The second-order valence-electron chi connectivity index (χ2n) is 6.70. The summed E-state index contributed by atoms with van der Waals surface area (Å²) in [7, 11) is -3.68. The zero-order chi connectivity index (χ0) is 22.4. The van der Waals surface area contributed by atoms with Crippen LogP contribution in [0, 0.1) is 11.6 Å². The fourth-order valence-electron chi connectivity index (χ4n) is 2.80. The Morgan fingerprint density at radius 2 is 1.71 bits per heavy atom. The molecule has 1 amide bonds. The van der Waals surface area contributed by atoms with E-state index in [9.17, 15) is 22.0 Å². The van der Waals surface area contributed by atoms with Crippen LogP contribution in [0.1, 0.15) is 5.56 Å². The van der Waals surface area contributed by atoms with Gasteiger partial charge in [0.25, 0.3) is 5.91 Å². The third kappa shape index (κ3) is 6.26. The minimum Gasteiger partial charge on any atom is -0.484 e. The van der Waals surface area contributed by atoms with Gasteiger partial charge in [-0.05, 0) is 48.5 Å². The van der Waals surface area contributed by atoms with Gasteiger partial charge in [-0.2, -0.15) is 0 Å². The summed E-state index contributed by atoms with van der Waals surface area (Å²) in [5.41, 5.74) is 0.866. The first-order valence-corrected chi connectivity index (χ1v) is 11.1. The van der Waals surface area contributed by atoms with Crippen molar-refractivity contribution in [3.8, 4) is 5.75 Å². The molecule has 0 saturated carbocycles. The molecule has 3 aromatic carbocycles. The Balaban J connectivity index is 1.66. The lowest BCUT2D eigenvalue weighted by Crippen LogP contribution is -2.29. The maximum atomic E-state index is 14.0. The second-order valence-corrected chi connectivity index (χ2v) is 8.61. The van der Waals surface area contributed by atoms with Crippen LogP contribution in [0.3, 0.4) is 0 Å². The first-order valence-electron chi connectivity index (χ1n) is 9.22. The standard InChI is InChI=1S/C22H20F2N2O4S/c1-31(28,29)26(14-16-5-2-3-8-21(16)24)19-9-11-20(12-10-19)30-15-22(27)25-18-7-4-6-17(23)13-18/h2-13H,14-15H2,1H3,(H,25,27). The molecule has 0 aliphatic carbocycles. The Labute approximate surface area is 179 Å². The average Bonchev–Trinajstić information content (AvgIpc) is 2.71. The van der Waals surface area contributed by atoms with Crippen molar-refractivity contribution in [3.63, 3.8) is 0 Å². The van der Waals surface area contributed by atoms with E-state index in [0.717, 1.165) is 10.6 Å². The zero-order valence-corrected chi connectivity index (χ0v) is 17.4. The SMILES string of the molecule is CS(=O)(=O)N(Cc1ccccc1F)c1ccc(OCC(=O)Nc2cccc(F)c2)cc1. The van der Waals surface area contributed by atoms with Crippen LogP contribution in [0.2, 0.25) is 0 Å². The molecule has 0 aliphatic heterocycles. The highest BCUT2D eigenvalue weighted by molar-refractivity contribution is 7.92. The average molecular weight is 446 g/mol. The molecule has 0 heterocycles. The third-order valence-corrected chi connectivity index (χ3v) is 5.42. The highest BCUT2D eigenvalue weighted by Crippen LogP contribution is 2.24. The minimum atomic E-state index is -3.68. The van der Waals surface area contributed by atoms with Crippen LogP contribution in [0.5, 0.6) is 5.75 Å². The summed E-state index contributed by atoms with van der Waals surface area (Å²) < 4.78 is 58.1. The number of ether oxygens (including phenoxy) is 1. The molecule has 0 radical (unpaired) electrons. The van der Waals surface area contributed by atoms with Gasteiger partial charge in [-0.3, -0.25) is 9.10 Å². The van der Waals surface area contributed by atoms with Gasteiger partial charge in [0.1, 0.15) is 17.4 Å². The Hall–Kier alpha value is -3.46. The maximum absolute atomic E-state index is 14.0. The third-order valence-electron chi connectivity index (χ3n) is 4.28. The number of sulfonamides is 1. The van der Waals surface area contributed by atoms with Gasteiger partial charge in [-0.25, -0.2) is 17.2 Å². The van der Waals surface area contributed by atoms with Gasteiger partial charge in [-0.15, -0.1) is 0 Å². The van der Waals surface area contributed by atoms with E-state index in [0.29, 0.717) is 17.1 Å². The smallest absolute Gasteiger partial charge is 0.262 e. The molecule has 0 fully saturated rings. The van der Waals surface area contributed by atoms with E-state index < -0.39 is 27.6 Å². The highest BCUT2D eigenvalue weighted by Gasteiger charge is 2.19. The molecular weight excluding hydrogens is 426 g/mol. The normalized spacial score (nSPS) is 11.1. The van der Waals surface area contributed by atoms with Crippen molar-refractivity contribution in [1.29, 1.82) is 0 Å². The van der Waals surface area contributed by atoms with Crippen LogP contribution in [0.4, 0.5) is 20.2 Å². The lowest BCUT2D eigenvalue weighted by molar-refractivity contribution is -0.118. The molecule has 3 rings (SSSR count). The minimum absolute atomic E-state index is 0.165. The van der Waals surface area contributed by atoms with Gasteiger partial charge in [0, 0.05) is 11.3 Å². The number of anilines is 2. The van der Waals surface area contributed by atoms with Gasteiger partial charge in [0.2, 0.25) is 10.0 Å². The van der Waals surface area contributed by atoms with Crippen molar-refractivity contribution in [2.75, 3.05) is 22.5 Å². The Morgan fingerprint density at radius 3 is 2.35 bits per heavy atom. The number of amides is 1. The van der Waals surface area contributed by atoms with Crippen LogP contribution >= 0.6 is 0 Å². The summed E-state index contributed by atoms with van der Waals surface area (Å²) in [6.45, 7) is -0.484. The first kappa shape index (κ1) is 22.2. The highest BCUT2D eigenvalue weighted by atomic mass is 32.2. The fraction of sp³-hybridized carbons (Fsp3) is 0.136. The zero-order valence-electron chi connectivity index (χ0n) is 16.6. The number of carbonyl (C=O) groups is 1. The van der Waals surface area contributed by atoms with Gasteiger partial charge in [0.05, 0.1) is 18.5 Å². The van der Waals surface area contributed by atoms with Crippen molar-refractivity contribution < 1.29 is 26.7 Å². The van der Waals surface area contributed by atoms with Crippen LogP contribution in [-0.2, 0) is 21.4 Å². The lowest BCUT2D eigenvalue weighted by atomic mass is 10.2. The van der Waals surface area contributed by atoms with Crippen LogP contribution in [0.15, 0.2) is 72.8 Å². The van der Waals surface area contributed by atoms with E-state index >= 15 is 0 Å². The van der Waals surface area contributed by atoms with E-state index in [4.69, 9.17) is 4.74 Å². The summed E-state index contributed by atoms with van der Waals surface area (Å²) >= 11 is 0. The molecule has 0 spiro atoms. The molecule has 0 bridgehead atoms. The molecular formula is C22H20F2N2O4S. The quantitative estimate of drug-likeness (QED) is 0.569. The summed E-state index contributed by atoms with van der Waals surface area (Å²) in [5, 5.41) is 2.51. The predicted molar refractivity (Wildman–Crippen MR) is 114 cm³/mol. The maximum Gasteiger partial charge on any atom is 0.262 e. The van der Waals surface area contributed by atoms with Crippen LogP contribution in [0.25, 0.3) is 0 Å². The van der Waals surface area contributed by atoms with E-state index in [1.54, 1.807) is 12.1 Å². The molecule has 0 aliphatic rings. The van der Waals surface area contributed by atoms with E-state index in [1.807, 2.05) is 0 Å². The Bertz CT molecular complexity index is 1170. The van der Waals surface area contributed by atoms with Crippen molar-refractivity contribution in [1.82, 2.24) is 0 Å². The number of benzene rings is 3. The number of rotatable bonds is 8. The fourth-order valence-corrected chi connectivity index (χ4v) is 3.68. The summed E-state index contributed by atoms with van der Waals surface area (Å²) in [5.74, 6) is -1.12. The molecule has 6 nitrogen and oxygen atoms in total. The van der Waals surface area contributed by atoms with Gasteiger partial charge < -0.3 is 10.1 Å². The second kappa shape index (κ2) is 9.57. The summed E-state index contributed by atoms with van der Waals surface area (Å²) in [6, 6.07) is 17.4. The molecule has 0 aromatic heterocycles. The molecule has 31 heavy (non-hydrogen) atoms. The lowest BCUT2D eigenvalue weighted by Gasteiger charge is -2.23. The monoisotopic (exact) mass is 446 g/mol. The number of nitrogens with zero attached hydrogens (tertiary/aromatic N) is 1. The van der Waals surface area contributed by atoms with Crippen molar-refractivity contribution in [3.05, 3.63) is 90.0 Å². The summed E-state index contributed by atoms with van der Waals surface area (Å²) in [4.78, 5) is 12.0. The van der Waals surface area contributed by atoms with E-state index in [2.05, 4.69) is 5.32 Å². The van der Waals surface area contributed by atoms with Gasteiger partial charge in [0.15, 0.2) is 6.61 Å². The van der Waals surface area contributed by atoms with Crippen molar-refractivity contribution >= 4 is 27.3 Å². The number of nitrogens with one attached hydrogen (secondary N) is 1. The number of halogens is 2. The molecule has 1 N–H and O–H groups in total. The van der Waals surface area contributed by atoms with Gasteiger partial charge in [-0.1, -0.05) is 24.3 Å². The molecule has 0 saturated heterocycles. The van der Waals surface area contributed by atoms with E-state index in [-0.39, 0.29) is 18.7 Å². The Kier molecular flexibility index (Phi) is 6.86. The molecule has 162 valence electrons. The topological polar surface area (TPSA) is 75.7 Å². The van der Waals surface area contributed by atoms with Crippen LogP contribution in [-0.4, -0.2) is 27.2 Å².